The van der Waals surface area contributed by atoms with Crippen LogP contribution in [0.3, 0.4) is 0 Å². The fourth-order valence-electron chi connectivity index (χ4n) is 4.44. The van der Waals surface area contributed by atoms with Crippen LogP contribution < -0.4 is 10.6 Å². The molecule has 1 aromatic carbocycles. The molecule has 0 aromatic heterocycles. The third-order valence-electron chi connectivity index (χ3n) is 5.98. The zero-order chi connectivity index (χ0) is 15.1. The molecule has 1 aromatic rings. The number of fused-ring (bicyclic) bond motifs is 1. The summed E-state index contributed by atoms with van der Waals surface area (Å²) in [5, 5.41) is 0. The van der Waals surface area contributed by atoms with Gasteiger partial charge in [-0.2, -0.15) is 0 Å². The van der Waals surface area contributed by atoms with Gasteiger partial charge in [-0.15, -0.1) is 0 Å². The summed E-state index contributed by atoms with van der Waals surface area (Å²) in [5.74, 6) is 0.843. The van der Waals surface area contributed by atoms with Crippen LogP contribution in [0.4, 0.5) is 5.69 Å². The molecule has 2 heteroatoms. The van der Waals surface area contributed by atoms with Gasteiger partial charge >= 0.3 is 0 Å². The molecule has 2 N–H and O–H groups in total. The minimum absolute atomic E-state index is 0.203. The van der Waals surface area contributed by atoms with Gasteiger partial charge in [0, 0.05) is 18.8 Å². The molecule has 1 aliphatic carbocycles. The maximum atomic E-state index is 6.29. The van der Waals surface area contributed by atoms with Crippen molar-refractivity contribution in [3.8, 4) is 0 Å². The Morgan fingerprint density at radius 1 is 1.19 bits per heavy atom. The fraction of sp³-hybridized carbons (Fsp3) is 0.684. The van der Waals surface area contributed by atoms with Gasteiger partial charge in [0.25, 0.3) is 0 Å². The van der Waals surface area contributed by atoms with Crippen LogP contribution in [-0.2, 0) is 6.42 Å². The van der Waals surface area contributed by atoms with Crippen molar-refractivity contribution in [2.45, 2.75) is 58.4 Å². The smallest absolute Gasteiger partial charge is 0.0524 e. The first-order chi connectivity index (χ1) is 9.96. The molecule has 0 atom stereocenters. The summed E-state index contributed by atoms with van der Waals surface area (Å²) in [7, 11) is 0. The molecule has 2 aliphatic rings. The largest absolute Gasteiger partial charge is 0.364 e. The Morgan fingerprint density at radius 2 is 1.86 bits per heavy atom. The monoisotopic (exact) mass is 286 g/mol. The van der Waals surface area contributed by atoms with Crippen molar-refractivity contribution >= 4 is 5.69 Å². The molecule has 1 fully saturated rings. The number of para-hydroxylation sites is 1. The van der Waals surface area contributed by atoms with Gasteiger partial charge in [-0.05, 0) is 55.1 Å². The van der Waals surface area contributed by atoms with E-state index >= 15 is 0 Å². The molecule has 0 bridgehead atoms. The predicted molar refractivity (Wildman–Crippen MR) is 90.7 cm³/mol. The lowest BCUT2D eigenvalue weighted by Crippen LogP contribution is -2.56. The van der Waals surface area contributed by atoms with E-state index in [2.05, 4.69) is 49.9 Å². The van der Waals surface area contributed by atoms with Crippen LogP contribution in [0.15, 0.2) is 24.3 Å². The summed E-state index contributed by atoms with van der Waals surface area (Å²) >= 11 is 0. The molecule has 2 nitrogen and oxygen atoms in total. The van der Waals surface area contributed by atoms with Crippen LogP contribution in [0.1, 0.15) is 52.0 Å². The second kappa shape index (κ2) is 5.31. The van der Waals surface area contributed by atoms with Crippen molar-refractivity contribution in [3.63, 3.8) is 0 Å². The maximum absolute atomic E-state index is 6.29. The SMILES string of the molecule is CC(C)(C)C1CCC(CN)(N2CCc3ccccc32)CC1. The minimum atomic E-state index is 0.203. The average molecular weight is 286 g/mol. The number of rotatable bonds is 2. The molecular formula is C19H30N2. The topological polar surface area (TPSA) is 29.3 Å². The fourth-order valence-corrected chi connectivity index (χ4v) is 4.44. The number of anilines is 1. The van der Waals surface area contributed by atoms with E-state index in [-0.39, 0.29) is 5.54 Å². The molecular weight excluding hydrogens is 256 g/mol. The van der Waals surface area contributed by atoms with E-state index in [0.29, 0.717) is 5.41 Å². The van der Waals surface area contributed by atoms with Crippen LogP contribution in [-0.4, -0.2) is 18.6 Å². The molecule has 0 unspecified atom stereocenters. The zero-order valence-corrected chi connectivity index (χ0v) is 13.9. The van der Waals surface area contributed by atoms with Gasteiger partial charge in [0.2, 0.25) is 0 Å². The van der Waals surface area contributed by atoms with Crippen molar-refractivity contribution in [1.29, 1.82) is 0 Å². The highest BCUT2D eigenvalue weighted by atomic mass is 15.2. The summed E-state index contributed by atoms with van der Waals surface area (Å²) < 4.78 is 0. The molecule has 1 saturated carbocycles. The van der Waals surface area contributed by atoms with Crippen LogP contribution in [0.5, 0.6) is 0 Å². The molecule has 0 spiro atoms. The van der Waals surface area contributed by atoms with Gasteiger partial charge in [-0.1, -0.05) is 39.0 Å². The maximum Gasteiger partial charge on any atom is 0.0524 e. The summed E-state index contributed by atoms with van der Waals surface area (Å²) in [5.41, 5.74) is 9.87. The normalized spacial score (nSPS) is 29.5. The van der Waals surface area contributed by atoms with Gasteiger partial charge in [0.05, 0.1) is 5.54 Å². The molecule has 1 aliphatic heterocycles. The molecule has 0 amide bonds. The number of nitrogens with zero attached hydrogens (tertiary/aromatic N) is 1. The van der Waals surface area contributed by atoms with Crippen molar-refractivity contribution in [2.24, 2.45) is 17.1 Å². The van der Waals surface area contributed by atoms with Gasteiger partial charge < -0.3 is 10.6 Å². The Hall–Kier alpha value is -1.02. The summed E-state index contributed by atoms with van der Waals surface area (Å²) in [6.45, 7) is 9.10. The molecule has 116 valence electrons. The van der Waals surface area contributed by atoms with E-state index in [9.17, 15) is 0 Å². The first-order valence-corrected chi connectivity index (χ1v) is 8.52. The van der Waals surface area contributed by atoms with Crippen molar-refractivity contribution in [3.05, 3.63) is 29.8 Å². The highest BCUT2D eigenvalue weighted by Gasteiger charge is 2.43. The first kappa shape index (κ1) is 14.9. The van der Waals surface area contributed by atoms with Gasteiger partial charge in [0.1, 0.15) is 0 Å². The Morgan fingerprint density at radius 3 is 2.48 bits per heavy atom. The van der Waals surface area contributed by atoms with Gasteiger partial charge in [0.15, 0.2) is 0 Å². The molecule has 21 heavy (non-hydrogen) atoms. The van der Waals surface area contributed by atoms with E-state index < -0.39 is 0 Å². The van der Waals surface area contributed by atoms with E-state index in [4.69, 9.17) is 5.73 Å². The molecule has 3 rings (SSSR count). The highest BCUT2D eigenvalue weighted by Crippen LogP contribution is 2.46. The predicted octanol–water partition coefficient (Wildman–Crippen LogP) is 3.98. The van der Waals surface area contributed by atoms with Gasteiger partial charge in [-0.25, -0.2) is 0 Å². The number of hydrogen-bond donors (Lipinski definition) is 1. The highest BCUT2D eigenvalue weighted by molar-refractivity contribution is 5.60. The Kier molecular flexibility index (Phi) is 3.77. The van der Waals surface area contributed by atoms with E-state index in [1.807, 2.05) is 0 Å². The van der Waals surface area contributed by atoms with Crippen molar-refractivity contribution in [1.82, 2.24) is 0 Å². The van der Waals surface area contributed by atoms with Crippen molar-refractivity contribution < 1.29 is 0 Å². The lowest BCUT2D eigenvalue weighted by Gasteiger charge is -2.49. The summed E-state index contributed by atoms with van der Waals surface area (Å²) in [4.78, 5) is 2.64. The quantitative estimate of drug-likeness (QED) is 0.891. The number of benzene rings is 1. The zero-order valence-electron chi connectivity index (χ0n) is 13.9. The third kappa shape index (κ3) is 2.59. The summed E-state index contributed by atoms with van der Waals surface area (Å²) in [6, 6.07) is 8.89. The Bertz CT molecular complexity index is 493. The first-order valence-electron chi connectivity index (χ1n) is 8.52. The molecule has 0 radical (unpaired) electrons. The molecule has 0 saturated heterocycles. The van der Waals surface area contributed by atoms with Crippen LogP contribution >= 0.6 is 0 Å². The van der Waals surface area contributed by atoms with Crippen LogP contribution in [0, 0.1) is 11.3 Å². The lowest BCUT2D eigenvalue weighted by atomic mass is 9.67. The number of hydrogen-bond acceptors (Lipinski definition) is 2. The standard InChI is InChI=1S/C19H30N2/c1-18(2,3)16-8-11-19(14-20,12-9-16)21-13-10-15-6-4-5-7-17(15)21/h4-7,16H,8-14,20H2,1-3H3. The van der Waals surface area contributed by atoms with Crippen LogP contribution in [0.25, 0.3) is 0 Å². The van der Waals surface area contributed by atoms with E-state index in [0.717, 1.165) is 19.0 Å². The second-order valence-corrected chi connectivity index (χ2v) is 8.10. The molecule has 1 heterocycles. The minimum Gasteiger partial charge on any atom is -0.364 e. The lowest BCUT2D eigenvalue weighted by molar-refractivity contribution is 0.133. The van der Waals surface area contributed by atoms with Gasteiger partial charge in [-0.3, -0.25) is 0 Å². The van der Waals surface area contributed by atoms with Crippen LogP contribution in [0.2, 0.25) is 0 Å². The van der Waals surface area contributed by atoms with E-state index in [1.54, 1.807) is 0 Å². The summed E-state index contributed by atoms with van der Waals surface area (Å²) in [6.07, 6.45) is 6.32. The second-order valence-electron chi connectivity index (χ2n) is 8.10. The number of nitrogens with two attached hydrogens (primary N) is 1. The third-order valence-corrected chi connectivity index (χ3v) is 5.98. The average Bonchev–Trinajstić information content (AvgIpc) is 2.91. The van der Waals surface area contributed by atoms with E-state index in [1.165, 1.54) is 43.4 Å². The van der Waals surface area contributed by atoms with Crippen molar-refractivity contribution in [2.75, 3.05) is 18.0 Å². The Balaban J connectivity index is 1.81. The Labute approximate surface area is 129 Å².